The van der Waals surface area contributed by atoms with Gasteiger partial charge in [0.1, 0.15) is 6.10 Å². The minimum atomic E-state index is 0.227. The summed E-state index contributed by atoms with van der Waals surface area (Å²) in [4.78, 5) is 4.23. The van der Waals surface area contributed by atoms with Gasteiger partial charge in [0.2, 0.25) is 5.88 Å². The molecular weight excluding hydrogens is 268 g/mol. The second kappa shape index (κ2) is 5.64. The van der Waals surface area contributed by atoms with Crippen LogP contribution in [0.4, 0.5) is 0 Å². The molecule has 88 valence electrons. The lowest BCUT2D eigenvalue weighted by Crippen LogP contribution is -2.35. The van der Waals surface area contributed by atoms with Crippen LogP contribution in [0.2, 0.25) is 0 Å². The summed E-state index contributed by atoms with van der Waals surface area (Å²) < 4.78 is 6.86. The lowest BCUT2D eigenvalue weighted by molar-refractivity contribution is 0.0915. The Hall–Kier alpha value is -0.610. The largest absolute Gasteiger partial charge is 0.473 e. The Morgan fingerprint density at radius 2 is 2.25 bits per heavy atom. The second-order valence-corrected chi connectivity index (χ2v) is 5.08. The monoisotopic (exact) mass is 284 g/mol. The summed E-state index contributed by atoms with van der Waals surface area (Å²) in [6, 6.07) is 3.83. The molecule has 2 unspecified atom stereocenters. The van der Waals surface area contributed by atoms with Crippen LogP contribution in [-0.2, 0) is 0 Å². The molecule has 4 heteroatoms. The van der Waals surface area contributed by atoms with Gasteiger partial charge in [-0.2, -0.15) is 0 Å². The minimum absolute atomic E-state index is 0.227. The van der Waals surface area contributed by atoms with E-state index < -0.39 is 0 Å². The molecule has 3 nitrogen and oxygen atoms in total. The number of rotatable bonds is 3. The van der Waals surface area contributed by atoms with Gasteiger partial charge in [0.05, 0.1) is 4.47 Å². The van der Waals surface area contributed by atoms with E-state index in [2.05, 4.69) is 20.9 Å². The van der Waals surface area contributed by atoms with Crippen LogP contribution in [0.1, 0.15) is 25.7 Å². The molecule has 0 amide bonds. The maximum Gasteiger partial charge on any atom is 0.228 e. The molecule has 1 aliphatic carbocycles. The molecule has 0 saturated heterocycles. The first-order valence-electron chi connectivity index (χ1n) is 5.78. The Morgan fingerprint density at radius 3 is 3.00 bits per heavy atom. The third kappa shape index (κ3) is 2.74. The van der Waals surface area contributed by atoms with Crippen molar-refractivity contribution in [2.45, 2.75) is 31.8 Å². The quantitative estimate of drug-likeness (QED) is 0.929. The van der Waals surface area contributed by atoms with Crippen LogP contribution < -0.4 is 10.5 Å². The van der Waals surface area contributed by atoms with E-state index in [-0.39, 0.29) is 6.10 Å². The Bertz CT molecular complexity index is 346. The van der Waals surface area contributed by atoms with Gasteiger partial charge in [-0.1, -0.05) is 6.42 Å². The number of pyridine rings is 1. The minimum Gasteiger partial charge on any atom is -0.473 e. The molecule has 1 fully saturated rings. The maximum atomic E-state index is 5.95. The zero-order valence-corrected chi connectivity index (χ0v) is 10.8. The van der Waals surface area contributed by atoms with Crippen molar-refractivity contribution in [1.29, 1.82) is 0 Å². The molecule has 2 N–H and O–H groups in total. The molecule has 1 aliphatic rings. The van der Waals surface area contributed by atoms with Crippen molar-refractivity contribution in [3.63, 3.8) is 0 Å². The van der Waals surface area contributed by atoms with Gasteiger partial charge in [-0.05, 0) is 53.9 Å². The SMILES string of the molecule is NCC1CCCCC1Oc1ncccc1Br. The topological polar surface area (TPSA) is 48.1 Å². The van der Waals surface area contributed by atoms with Crippen molar-refractivity contribution in [2.24, 2.45) is 11.7 Å². The van der Waals surface area contributed by atoms with Crippen LogP contribution in [0.3, 0.4) is 0 Å². The fourth-order valence-corrected chi connectivity index (χ4v) is 2.55. The highest BCUT2D eigenvalue weighted by atomic mass is 79.9. The number of hydrogen-bond acceptors (Lipinski definition) is 3. The predicted molar refractivity (Wildman–Crippen MR) is 67.4 cm³/mol. The number of nitrogens with zero attached hydrogens (tertiary/aromatic N) is 1. The van der Waals surface area contributed by atoms with Gasteiger partial charge in [-0.15, -0.1) is 0 Å². The molecule has 2 rings (SSSR count). The number of hydrogen-bond donors (Lipinski definition) is 1. The fraction of sp³-hybridized carbons (Fsp3) is 0.583. The van der Waals surface area contributed by atoms with Crippen LogP contribution in [0, 0.1) is 5.92 Å². The molecule has 1 saturated carbocycles. The summed E-state index contributed by atoms with van der Waals surface area (Å²) in [7, 11) is 0. The van der Waals surface area contributed by atoms with Crippen molar-refractivity contribution < 1.29 is 4.74 Å². The zero-order chi connectivity index (χ0) is 11.4. The molecule has 0 radical (unpaired) electrons. The molecule has 1 aromatic rings. The van der Waals surface area contributed by atoms with Gasteiger partial charge >= 0.3 is 0 Å². The van der Waals surface area contributed by atoms with Crippen LogP contribution in [0.25, 0.3) is 0 Å². The van der Waals surface area contributed by atoms with E-state index >= 15 is 0 Å². The van der Waals surface area contributed by atoms with Gasteiger partial charge in [-0.25, -0.2) is 4.98 Å². The number of aromatic nitrogens is 1. The van der Waals surface area contributed by atoms with E-state index in [0.29, 0.717) is 18.3 Å². The molecule has 0 spiro atoms. The fourth-order valence-electron chi connectivity index (χ4n) is 2.20. The first-order valence-corrected chi connectivity index (χ1v) is 6.58. The molecule has 0 aliphatic heterocycles. The van der Waals surface area contributed by atoms with Gasteiger partial charge in [-0.3, -0.25) is 0 Å². The molecule has 0 aromatic carbocycles. The predicted octanol–water partition coefficient (Wildman–Crippen LogP) is 2.74. The smallest absolute Gasteiger partial charge is 0.228 e. The summed E-state index contributed by atoms with van der Waals surface area (Å²) in [5.41, 5.74) is 5.77. The molecule has 2 atom stereocenters. The van der Waals surface area contributed by atoms with E-state index in [1.54, 1.807) is 6.20 Å². The summed E-state index contributed by atoms with van der Waals surface area (Å²) in [5, 5.41) is 0. The maximum absolute atomic E-state index is 5.95. The van der Waals surface area contributed by atoms with Crippen LogP contribution >= 0.6 is 15.9 Å². The highest BCUT2D eigenvalue weighted by Crippen LogP contribution is 2.30. The van der Waals surface area contributed by atoms with Crippen molar-refractivity contribution in [2.75, 3.05) is 6.54 Å². The highest BCUT2D eigenvalue weighted by molar-refractivity contribution is 9.10. The van der Waals surface area contributed by atoms with Crippen LogP contribution in [0.5, 0.6) is 5.88 Å². The molecule has 1 heterocycles. The van der Waals surface area contributed by atoms with Gasteiger partial charge in [0.15, 0.2) is 0 Å². The summed E-state index contributed by atoms with van der Waals surface area (Å²) >= 11 is 3.45. The number of ether oxygens (including phenoxy) is 1. The average molecular weight is 285 g/mol. The Morgan fingerprint density at radius 1 is 1.44 bits per heavy atom. The van der Waals surface area contributed by atoms with Crippen molar-refractivity contribution in [1.82, 2.24) is 4.98 Å². The Kier molecular flexibility index (Phi) is 4.18. The van der Waals surface area contributed by atoms with Crippen molar-refractivity contribution >= 4 is 15.9 Å². The van der Waals surface area contributed by atoms with Gasteiger partial charge in [0.25, 0.3) is 0 Å². The van der Waals surface area contributed by atoms with Gasteiger partial charge < -0.3 is 10.5 Å². The van der Waals surface area contributed by atoms with E-state index in [4.69, 9.17) is 10.5 Å². The van der Waals surface area contributed by atoms with E-state index in [1.807, 2.05) is 12.1 Å². The standard InChI is InChI=1S/C12H17BrN2O/c13-10-5-3-7-15-12(10)16-11-6-2-1-4-9(11)8-14/h3,5,7,9,11H,1-2,4,6,8,14H2. The van der Waals surface area contributed by atoms with E-state index in [9.17, 15) is 0 Å². The Balaban J connectivity index is 2.05. The number of nitrogens with two attached hydrogens (primary N) is 1. The lowest BCUT2D eigenvalue weighted by Gasteiger charge is -2.30. The average Bonchev–Trinajstić information content (AvgIpc) is 2.33. The lowest BCUT2D eigenvalue weighted by atomic mass is 9.86. The van der Waals surface area contributed by atoms with Gasteiger partial charge in [0, 0.05) is 12.1 Å². The molecule has 0 bridgehead atoms. The molecule has 1 aromatic heterocycles. The number of halogens is 1. The summed E-state index contributed by atoms with van der Waals surface area (Å²) in [6.07, 6.45) is 6.73. The molecular formula is C12H17BrN2O. The summed E-state index contributed by atoms with van der Waals surface area (Å²) in [6.45, 7) is 0.703. The first-order chi connectivity index (χ1) is 7.81. The zero-order valence-electron chi connectivity index (χ0n) is 9.23. The Labute approximate surface area is 105 Å². The molecule has 16 heavy (non-hydrogen) atoms. The first kappa shape index (κ1) is 11.9. The second-order valence-electron chi connectivity index (χ2n) is 4.23. The van der Waals surface area contributed by atoms with E-state index in [0.717, 1.165) is 10.9 Å². The van der Waals surface area contributed by atoms with Crippen molar-refractivity contribution in [3.8, 4) is 5.88 Å². The van der Waals surface area contributed by atoms with Crippen LogP contribution in [-0.4, -0.2) is 17.6 Å². The third-order valence-electron chi connectivity index (χ3n) is 3.13. The normalized spacial score (nSPS) is 25.4. The summed E-state index contributed by atoms with van der Waals surface area (Å²) in [5.74, 6) is 1.16. The van der Waals surface area contributed by atoms with Crippen LogP contribution in [0.15, 0.2) is 22.8 Å². The highest BCUT2D eigenvalue weighted by Gasteiger charge is 2.26. The third-order valence-corrected chi connectivity index (χ3v) is 3.73. The van der Waals surface area contributed by atoms with E-state index in [1.165, 1.54) is 19.3 Å². The van der Waals surface area contributed by atoms with Crippen molar-refractivity contribution in [3.05, 3.63) is 22.8 Å².